The largest absolute Gasteiger partial charge is 0.504 e. The van der Waals surface area contributed by atoms with E-state index in [2.05, 4.69) is 13.0 Å². The number of benzene rings is 1. The molecule has 0 amide bonds. The Hall–Kier alpha value is -1.75. The van der Waals surface area contributed by atoms with E-state index in [1.54, 1.807) is 7.11 Å². The second kappa shape index (κ2) is 7.01. The number of carbonyl (C=O) groups is 1. The van der Waals surface area contributed by atoms with Gasteiger partial charge in [0.15, 0.2) is 11.5 Å². The van der Waals surface area contributed by atoms with Crippen molar-refractivity contribution in [2.45, 2.75) is 63.9 Å². The standard InChI is InChI=1S/C22H31NO4/c1-22-9-7-14-15(17(22)5-6-20(22)27-21(25)8-10-23)4-3-13-11-18(24)19(26-2)12-16(13)14/h11-12,14-15,17,20,24H,3-10,23H2,1-2H3/t14-,15+,17-,20-,22-/m0/s1. The lowest BCUT2D eigenvalue weighted by atomic mass is 9.55. The van der Waals surface area contributed by atoms with E-state index in [1.165, 1.54) is 11.1 Å². The van der Waals surface area contributed by atoms with Crippen LogP contribution in [0, 0.1) is 17.3 Å². The van der Waals surface area contributed by atoms with Gasteiger partial charge in [-0.2, -0.15) is 0 Å². The fraction of sp³-hybridized carbons (Fsp3) is 0.682. The third-order valence-corrected chi connectivity index (χ3v) is 7.56. The summed E-state index contributed by atoms with van der Waals surface area (Å²) in [6.07, 6.45) is 6.74. The van der Waals surface area contributed by atoms with Gasteiger partial charge in [-0.3, -0.25) is 4.79 Å². The number of hydrogen-bond acceptors (Lipinski definition) is 5. The van der Waals surface area contributed by atoms with Gasteiger partial charge in [0.05, 0.1) is 13.5 Å². The Morgan fingerprint density at radius 1 is 1.30 bits per heavy atom. The van der Waals surface area contributed by atoms with Crippen molar-refractivity contribution >= 4 is 5.97 Å². The summed E-state index contributed by atoms with van der Waals surface area (Å²) < 4.78 is 11.2. The fourth-order valence-electron chi connectivity index (χ4n) is 6.23. The Labute approximate surface area is 161 Å². The number of phenolic OH excluding ortho intramolecular Hbond substituents is 1. The molecule has 4 rings (SSSR count). The van der Waals surface area contributed by atoms with Crippen molar-refractivity contribution in [2.75, 3.05) is 13.7 Å². The highest BCUT2D eigenvalue weighted by molar-refractivity contribution is 5.69. The van der Waals surface area contributed by atoms with Crippen LogP contribution < -0.4 is 10.5 Å². The van der Waals surface area contributed by atoms with Gasteiger partial charge in [0.1, 0.15) is 6.10 Å². The first-order valence-electron chi connectivity index (χ1n) is 10.3. The van der Waals surface area contributed by atoms with Crippen molar-refractivity contribution in [3.05, 3.63) is 23.3 Å². The summed E-state index contributed by atoms with van der Waals surface area (Å²) in [6.45, 7) is 2.68. The van der Waals surface area contributed by atoms with Gasteiger partial charge in [0.25, 0.3) is 0 Å². The third kappa shape index (κ3) is 3.00. The number of phenols is 1. The third-order valence-electron chi connectivity index (χ3n) is 7.56. The number of esters is 1. The maximum atomic E-state index is 12.0. The maximum Gasteiger partial charge on any atom is 0.307 e. The molecule has 1 aromatic carbocycles. The summed E-state index contributed by atoms with van der Waals surface area (Å²) in [7, 11) is 1.61. The van der Waals surface area contributed by atoms with Gasteiger partial charge < -0.3 is 20.3 Å². The quantitative estimate of drug-likeness (QED) is 0.789. The fourth-order valence-corrected chi connectivity index (χ4v) is 6.23. The van der Waals surface area contributed by atoms with Crippen LogP contribution in [0.3, 0.4) is 0 Å². The number of nitrogens with two attached hydrogens (primary N) is 1. The van der Waals surface area contributed by atoms with Crippen LogP contribution in [-0.4, -0.2) is 30.8 Å². The molecule has 0 aromatic heterocycles. The number of aromatic hydroxyl groups is 1. The molecule has 3 N–H and O–H groups in total. The monoisotopic (exact) mass is 373 g/mol. The van der Waals surface area contributed by atoms with E-state index < -0.39 is 0 Å². The molecule has 0 heterocycles. The van der Waals surface area contributed by atoms with Crippen LogP contribution in [0.15, 0.2) is 12.1 Å². The van der Waals surface area contributed by atoms with Gasteiger partial charge in [-0.05, 0) is 79.5 Å². The predicted molar refractivity (Wildman–Crippen MR) is 103 cm³/mol. The second-order valence-electron chi connectivity index (χ2n) is 8.78. The first-order chi connectivity index (χ1) is 13.0. The number of hydrogen-bond donors (Lipinski definition) is 2. The van der Waals surface area contributed by atoms with Gasteiger partial charge in [-0.1, -0.05) is 6.92 Å². The minimum atomic E-state index is -0.152. The zero-order valence-corrected chi connectivity index (χ0v) is 16.4. The topological polar surface area (TPSA) is 81.8 Å². The highest BCUT2D eigenvalue weighted by Crippen LogP contribution is 2.62. The molecule has 5 heteroatoms. The Morgan fingerprint density at radius 2 is 2.11 bits per heavy atom. The molecule has 5 atom stereocenters. The molecule has 0 saturated heterocycles. The molecule has 0 unspecified atom stereocenters. The number of methoxy groups -OCH3 is 1. The average molecular weight is 373 g/mol. The molecule has 0 bridgehead atoms. The van der Waals surface area contributed by atoms with Gasteiger partial charge in [-0.25, -0.2) is 0 Å². The van der Waals surface area contributed by atoms with Crippen LogP contribution in [0.2, 0.25) is 0 Å². The van der Waals surface area contributed by atoms with Crippen molar-refractivity contribution in [3.63, 3.8) is 0 Å². The van der Waals surface area contributed by atoms with Gasteiger partial charge in [0, 0.05) is 12.0 Å². The molecule has 1 aromatic rings. The lowest BCUT2D eigenvalue weighted by molar-refractivity contribution is -0.157. The summed E-state index contributed by atoms with van der Waals surface area (Å²) in [6, 6.07) is 3.95. The van der Waals surface area contributed by atoms with Crippen LogP contribution >= 0.6 is 0 Å². The summed E-state index contributed by atoms with van der Waals surface area (Å²) in [5, 5.41) is 10.1. The van der Waals surface area contributed by atoms with Crippen molar-refractivity contribution in [1.29, 1.82) is 0 Å². The summed E-state index contributed by atoms with van der Waals surface area (Å²) in [5.74, 6) is 2.37. The molecule has 5 nitrogen and oxygen atoms in total. The molecule has 148 valence electrons. The molecular weight excluding hydrogens is 342 g/mol. The van der Waals surface area contributed by atoms with Crippen LogP contribution in [0.25, 0.3) is 0 Å². The minimum Gasteiger partial charge on any atom is -0.504 e. The van der Waals surface area contributed by atoms with Crippen LogP contribution in [0.4, 0.5) is 0 Å². The molecule has 2 fully saturated rings. The first-order valence-corrected chi connectivity index (χ1v) is 10.3. The summed E-state index contributed by atoms with van der Waals surface area (Å²) in [5.41, 5.74) is 8.20. The normalized spacial score (nSPS) is 34.3. The van der Waals surface area contributed by atoms with E-state index in [-0.39, 0.29) is 23.2 Å². The van der Waals surface area contributed by atoms with E-state index >= 15 is 0 Å². The first kappa shape index (κ1) is 18.6. The minimum absolute atomic E-state index is 0.0262. The molecular formula is C22H31NO4. The molecule has 0 radical (unpaired) electrons. The van der Waals surface area contributed by atoms with Gasteiger partial charge >= 0.3 is 5.97 Å². The van der Waals surface area contributed by atoms with E-state index in [9.17, 15) is 9.90 Å². The predicted octanol–water partition coefficient (Wildman–Crippen LogP) is 3.52. The van der Waals surface area contributed by atoms with Gasteiger partial charge in [-0.15, -0.1) is 0 Å². The number of fused-ring (bicyclic) bond motifs is 5. The average Bonchev–Trinajstić information content (AvgIpc) is 2.97. The number of ether oxygens (including phenoxy) is 2. The Morgan fingerprint density at radius 3 is 2.85 bits per heavy atom. The zero-order valence-electron chi connectivity index (χ0n) is 16.4. The van der Waals surface area contributed by atoms with Crippen molar-refractivity contribution < 1.29 is 19.4 Å². The van der Waals surface area contributed by atoms with Crippen LogP contribution in [0.5, 0.6) is 11.5 Å². The van der Waals surface area contributed by atoms with Crippen molar-refractivity contribution in [1.82, 2.24) is 0 Å². The molecule has 3 aliphatic carbocycles. The Bertz CT molecular complexity index is 733. The zero-order chi connectivity index (χ0) is 19.2. The molecule has 0 aliphatic heterocycles. The molecule has 0 spiro atoms. The Kier molecular flexibility index (Phi) is 4.83. The SMILES string of the molecule is COc1cc2c(cc1O)CC[C@@H]1[C@@H]2CC[C@]2(C)[C@@H](OC(=O)CCN)CC[C@@H]12. The lowest BCUT2D eigenvalue weighted by Gasteiger charge is -2.50. The smallest absolute Gasteiger partial charge is 0.307 e. The van der Waals surface area contributed by atoms with E-state index in [1.807, 2.05) is 6.07 Å². The molecule has 27 heavy (non-hydrogen) atoms. The van der Waals surface area contributed by atoms with E-state index in [0.29, 0.717) is 36.5 Å². The second-order valence-corrected chi connectivity index (χ2v) is 8.78. The van der Waals surface area contributed by atoms with E-state index in [4.69, 9.17) is 15.2 Å². The number of carbonyl (C=O) groups excluding carboxylic acids is 1. The van der Waals surface area contributed by atoms with Crippen LogP contribution in [0.1, 0.15) is 62.5 Å². The van der Waals surface area contributed by atoms with E-state index in [0.717, 1.165) is 38.5 Å². The lowest BCUT2D eigenvalue weighted by Crippen LogP contribution is -2.45. The number of rotatable bonds is 4. The maximum absolute atomic E-state index is 12.0. The highest BCUT2D eigenvalue weighted by Gasteiger charge is 2.56. The number of aryl methyl sites for hydroxylation is 1. The summed E-state index contributed by atoms with van der Waals surface area (Å²) >= 11 is 0. The van der Waals surface area contributed by atoms with Crippen molar-refractivity contribution in [2.24, 2.45) is 23.0 Å². The molecule has 2 saturated carbocycles. The van der Waals surface area contributed by atoms with Gasteiger partial charge in [0.2, 0.25) is 0 Å². The Balaban J connectivity index is 1.58. The van der Waals surface area contributed by atoms with Crippen molar-refractivity contribution in [3.8, 4) is 11.5 Å². The summed E-state index contributed by atoms with van der Waals surface area (Å²) in [4.78, 5) is 12.0. The highest BCUT2D eigenvalue weighted by atomic mass is 16.5. The van der Waals surface area contributed by atoms with Crippen LogP contribution in [-0.2, 0) is 16.0 Å². The molecule has 3 aliphatic rings.